The Morgan fingerprint density at radius 3 is 1.33 bits per heavy atom. The fourth-order valence-electron chi connectivity index (χ4n) is 0.378. The molecule has 0 aliphatic rings. The predicted octanol–water partition coefficient (Wildman–Crippen LogP) is 2.47. The molecule has 0 N–H and O–H groups in total. The molecule has 0 aromatic carbocycles. The number of hydrogen-bond acceptors (Lipinski definition) is 0. The molecule has 0 aliphatic carbocycles. The number of rotatable bonds is 2. The Labute approximate surface area is 54.1 Å². The molecule has 0 saturated carbocycles. The summed E-state index contributed by atoms with van der Waals surface area (Å²) in [6.07, 6.45) is -2.79. The third kappa shape index (κ3) is 2.89. The first-order valence-electron chi connectivity index (χ1n) is 2.78. The van der Waals surface area contributed by atoms with Crippen molar-refractivity contribution >= 4 is 8.07 Å². The fourth-order valence-corrected chi connectivity index (χ4v) is 1.13. The van der Waals surface area contributed by atoms with Crippen LogP contribution >= 0.6 is 0 Å². The first-order chi connectivity index (χ1) is 3.85. The van der Waals surface area contributed by atoms with Gasteiger partial charge in [-0.3, -0.25) is 0 Å². The van der Waals surface area contributed by atoms with Crippen molar-refractivity contribution in [2.24, 2.45) is 0 Å². The molecule has 0 aliphatic heterocycles. The first-order valence-corrected chi connectivity index (χ1v) is 6.35. The smallest absolute Gasteiger partial charge is 0.245 e. The lowest BCUT2D eigenvalue weighted by Crippen LogP contribution is -2.39. The zero-order valence-electron chi connectivity index (χ0n) is 5.79. The summed E-state index contributed by atoms with van der Waals surface area (Å²) in [4.78, 5) is 0. The van der Waals surface area contributed by atoms with E-state index in [2.05, 4.69) is 0 Å². The van der Waals surface area contributed by atoms with E-state index in [-0.39, 0.29) is 0 Å². The molecule has 0 fully saturated rings. The maximum atomic E-state index is 12.3. The van der Waals surface area contributed by atoms with Gasteiger partial charge in [-0.25, -0.2) is 13.2 Å². The third-order valence-corrected chi connectivity index (χ3v) is 2.96. The standard InChI is InChI=1S/C5H11F3Si/c1-9(2,3)5(8)4(6)7/h4-5H,1-3H3. The summed E-state index contributed by atoms with van der Waals surface area (Å²) in [5, 5.41) is 0. The summed E-state index contributed by atoms with van der Waals surface area (Å²) in [7, 11) is -2.24. The summed E-state index contributed by atoms with van der Waals surface area (Å²) < 4.78 is 35.5. The van der Waals surface area contributed by atoms with Crippen LogP contribution in [0.2, 0.25) is 19.6 Å². The summed E-state index contributed by atoms with van der Waals surface area (Å²) in [5.41, 5.74) is 0. The van der Waals surface area contributed by atoms with E-state index in [9.17, 15) is 13.2 Å². The molecule has 0 nitrogen and oxygen atoms in total. The Morgan fingerprint density at radius 1 is 1.00 bits per heavy atom. The molecular formula is C5H11F3Si. The largest absolute Gasteiger partial charge is 0.266 e. The van der Waals surface area contributed by atoms with Crippen LogP contribution in [0.5, 0.6) is 0 Å². The monoisotopic (exact) mass is 156 g/mol. The second kappa shape index (κ2) is 2.73. The Kier molecular flexibility index (Phi) is 2.73. The Morgan fingerprint density at radius 2 is 1.33 bits per heavy atom. The topological polar surface area (TPSA) is 0 Å². The van der Waals surface area contributed by atoms with Crippen molar-refractivity contribution in [3.05, 3.63) is 0 Å². The molecule has 0 rings (SSSR count). The number of alkyl halides is 3. The summed E-state index contributed by atoms with van der Waals surface area (Å²) in [5.74, 6) is -1.88. The van der Waals surface area contributed by atoms with Crippen molar-refractivity contribution in [2.75, 3.05) is 0 Å². The first kappa shape index (κ1) is 9.01. The molecule has 56 valence electrons. The van der Waals surface area contributed by atoms with Crippen LogP contribution in [-0.4, -0.2) is 20.3 Å². The lowest BCUT2D eigenvalue weighted by atomic mass is 10.8. The van der Waals surface area contributed by atoms with E-state index in [0.29, 0.717) is 0 Å². The predicted molar refractivity (Wildman–Crippen MR) is 34.2 cm³/mol. The van der Waals surface area contributed by atoms with Gasteiger partial charge in [0.05, 0.1) is 8.07 Å². The van der Waals surface area contributed by atoms with Crippen LogP contribution in [0.15, 0.2) is 0 Å². The van der Waals surface area contributed by atoms with E-state index in [1.54, 1.807) is 19.6 Å². The summed E-state index contributed by atoms with van der Waals surface area (Å²) >= 11 is 0. The number of halogens is 3. The molecule has 0 amide bonds. The van der Waals surface area contributed by atoms with Crippen LogP contribution in [0, 0.1) is 0 Å². The molecule has 0 aromatic rings. The minimum absolute atomic E-state index is 1.59. The van der Waals surface area contributed by atoms with Gasteiger partial charge in [0.2, 0.25) is 0 Å². The molecule has 0 heterocycles. The summed E-state index contributed by atoms with van der Waals surface area (Å²) in [6.45, 7) is 4.76. The average molecular weight is 156 g/mol. The Balaban J connectivity index is 3.88. The van der Waals surface area contributed by atoms with Crippen molar-refractivity contribution < 1.29 is 13.2 Å². The van der Waals surface area contributed by atoms with Gasteiger partial charge in [-0.05, 0) is 0 Å². The number of hydrogen-bond donors (Lipinski definition) is 0. The van der Waals surface area contributed by atoms with Crippen LogP contribution in [0.3, 0.4) is 0 Å². The molecular weight excluding hydrogens is 145 g/mol. The maximum Gasteiger partial charge on any atom is 0.266 e. The highest BCUT2D eigenvalue weighted by Crippen LogP contribution is 2.17. The molecule has 0 saturated heterocycles. The minimum Gasteiger partial charge on any atom is -0.245 e. The van der Waals surface area contributed by atoms with Gasteiger partial charge in [0.1, 0.15) is 5.79 Å². The quantitative estimate of drug-likeness (QED) is 0.539. The Hall–Kier alpha value is 0.00688. The second-order valence-corrected chi connectivity index (χ2v) is 8.39. The van der Waals surface area contributed by atoms with E-state index in [0.717, 1.165) is 0 Å². The molecule has 1 unspecified atom stereocenters. The van der Waals surface area contributed by atoms with Crippen LogP contribution in [0.1, 0.15) is 0 Å². The van der Waals surface area contributed by atoms with Gasteiger partial charge in [0.25, 0.3) is 6.43 Å². The molecule has 4 heteroatoms. The molecule has 1 atom stereocenters. The van der Waals surface area contributed by atoms with Gasteiger partial charge in [-0.15, -0.1) is 0 Å². The summed E-state index contributed by atoms with van der Waals surface area (Å²) in [6, 6.07) is 0. The van der Waals surface area contributed by atoms with E-state index in [1.165, 1.54) is 0 Å². The van der Waals surface area contributed by atoms with E-state index >= 15 is 0 Å². The van der Waals surface area contributed by atoms with Crippen molar-refractivity contribution in [3.63, 3.8) is 0 Å². The van der Waals surface area contributed by atoms with Crippen LogP contribution in [0.4, 0.5) is 13.2 Å². The molecule has 9 heavy (non-hydrogen) atoms. The normalized spacial score (nSPS) is 16.3. The van der Waals surface area contributed by atoms with Crippen molar-refractivity contribution in [2.45, 2.75) is 31.9 Å². The highest BCUT2D eigenvalue weighted by molar-refractivity contribution is 6.77. The van der Waals surface area contributed by atoms with Gasteiger partial charge >= 0.3 is 0 Å². The SMILES string of the molecule is C[Si](C)(C)C(F)C(F)F. The lowest BCUT2D eigenvalue weighted by Gasteiger charge is -2.19. The lowest BCUT2D eigenvalue weighted by molar-refractivity contribution is 0.0859. The van der Waals surface area contributed by atoms with Crippen molar-refractivity contribution in [1.82, 2.24) is 0 Å². The molecule has 0 spiro atoms. The highest BCUT2D eigenvalue weighted by Gasteiger charge is 2.34. The van der Waals surface area contributed by atoms with Crippen LogP contribution < -0.4 is 0 Å². The zero-order valence-corrected chi connectivity index (χ0v) is 6.79. The third-order valence-electron chi connectivity index (χ3n) is 1.05. The van der Waals surface area contributed by atoms with Gasteiger partial charge in [-0.2, -0.15) is 0 Å². The fraction of sp³-hybridized carbons (Fsp3) is 1.00. The van der Waals surface area contributed by atoms with Crippen LogP contribution in [0.25, 0.3) is 0 Å². The van der Waals surface area contributed by atoms with Gasteiger partial charge in [0.15, 0.2) is 0 Å². The van der Waals surface area contributed by atoms with E-state index in [4.69, 9.17) is 0 Å². The van der Waals surface area contributed by atoms with Gasteiger partial charge in [-0.1, -0.05) is 19.6 Å². The van der Waals surface area contributed by atoms with Gasteiger partial charge in [0, 0.05) is 0 Å². The van der Waals surface area contributed by atoms with E-state index < -0.39 is 20.3 Å². The van der Waals surface area contributed by atoms with Gasteiger partial charge < -0.3 is 0 Å². The molecule has 0 aromatic heterocycles. The Bertz CT molecular complexity index is 86.7. The highest BCUT2D eigenvalue weighted by atomic mass is 28.3. The van der Waals surface area contributed by atoms with Crippen molar-refractivity contribution in [3.8, 4) is 0 Å². The molecule has 0 radical (unpaired) electrons. The second-order valence-electron chi connectivity index (χ2n) is 3.10. The maximum absolute atomic E-state index is 12.3. The van der Waals surface area contributed by atoms with Crippen LogP contribution in [-0.2, 0) is 0 Å². The average Bonchev–Trinajstić information content (AvgIpc) is 1.62. The minimum atomic E-state index is -2.79. The molecule has 0 bridgehead atoms. The van der Waals surface area contributed by atoms with Crippen molar-refractivity contribution in [1.29, 1.82) is 0 Å². The zero-order chi connectivity index (χ0) is 7.65. The van der Waals surface area contributed by atoms with E-state index in [1.807, 2.05) is 0 Å².